The molecule has 0 spiro atoms. The standard InChI is InChI=1S/C32H70N2.2BrH/c1-7-9-11-13-15-17-18-19-20-21-22-24-26-28-30-34(5,6)32-31-33(3,4)29-27-25-23-16-14-12-10-8-2;;/h7-32H2,1-6H3;2*1H/q+2;;/p-2. The molecule has 0 aromatic rings. The zero-order chi connectivity index (χ0) is 25.4. The summed E-state index contributed by atoms with van der Waals surface area (Å²) in [6.45, 7) is 9.97. The van der Waals surface area contributed by atoms with Gasteiger partial charge in [0, 0.05) is 0 Å². The number of hydrogen-bond acceptors (Lipinski definition) is 0. The molecule has 222 valence electrons. The first-order valence-corrected chi connectivity index (χ1v) is 16.0. The van der Waals surface area contributed by atoms with Crippen LogP contribution in [-0.4, -0.2) is 63.3 Å². The number of halogens is 2. The third-order valence-electron chi connectivity index (χ3n) is 8.04. The molecule has 4 heteroatoms. The van der Waals surface area contributed by atoms with Gasteiger partial charge in [-0.3, -0.25) is 0 Å². The Hall–Kier alpha value is 0.880. The average molecular weight is 643 g/mol. The van der Waals surface area contributed by atoms with E-state index in [1.165, 1.54) is 176 Å². The average Bonchev–Trinajstić information content (AvgIpc) is 2.80. The highest BCUT2D eigenvalue weighted by molar-refractivity contribution is 4.50. The molecule has 0 unspecified atom stereocenters. The second kappa shape index (κ2) is 28.9. The summed E-state index contributed by atoms with van der Waals surface area (Å²) < 4.78 is 2.41. The van der Waals surface area contributed by atoms with Crippen LogP contribution in [0.3, 0.4) is 0 Å². The summed E-state index contributed by atoms with van der Waals surface area (Å²) in [5, 5.41) is 0. The minimum absolute atomic E-state index is 0. The zero-order valence-corrected chi connectivity index (χ0v) is 29.2. The molecule has 2 nitrogen and oxygen atoms in total. The predicted molar refractivity (Wildman–Crippen MR) is 157 cm³/mol. The third kappa shape index (κ3) is 31.1. The number of nitrogens with zero attached hydrogens (tertiary/aromatic N) is 2. The van der Waals surface area contributed by atoms with Crippen LogP contribution in [-0.2, 0) is 0 Å². The van der Waals surface area contributed by atoms with Gasteiger partial charge in [0.1, 0.15) is 13.1 Å². The Morgan fingerprint density at radius 1 is 0.278 bits per heavy atom. The Morgan fingerprint density at radius 2 is 0.472 bits per heavy atom. The molecule has 0 fully saturated rings. The topological polar surface area (TPSA) is 0 Å². The van der Waals surface area contributed by atoms with Crippen LogP contribution in [0.15, 0.2) is 0 Å². The minimum Gasteiger partial charge on any atom is -1.00 e. The summed E-state index contributed by atoms with van der Waals surface area (Å²) in [4.78, 5) is 0. The Bertz CT molecular complexity index is 413. The van der Waals surface area contributed by atoms with E-state index in [1.807, 2.05) is 0 Å². The van der Waals surface area contributed by atoms with Gasteiger partial charge in [0.15, 0.2) is 0 Å². The van der Waals surface area contributed by atoms with E-state index in [-0.39, 0.29) is 34.0 Å². The van der Waals surface area contributed by atoms with Gasteiger partial charge in [-0.25, -0.2) is 0 Å². The van der Waals surface area contributed by atoms with Crippen LogP contribution in [0.25, 0.3) is 0 Å². The lowest BCUT2D eigenvalue weighted by Crippen LogP contribution is -3.00. The molecule has 0 atom stereocenters. The number of unbranched alkanes of at least 4 members (excludes halogenated alkanes) is 20. The fourth-order valence-corrected chi connectivity index (χ4v) is 5.17. The summed E-state index contributed by atoms with van der Waals surface area (Å²) in [5.41, 5.74) is 0. The van der Waals surface area contributed by atoms with Crippen LogP contribution in [0.1, 0.15) is 155 Å². The monoisotopic (exact) mass is 640 g/mol. The molecule has 0 aromatic heterocycles. The lowest BCUT2D eigenvalue weighted by molar-refractivity contribution is -0.946. The van der Waals surface area contributed by atoms with Gasteiger partial charge in [0.2, 0.25) is 0 Å². The van der Waals surface area contributed by atoms with E-state index in [2.05, 4.69) is 42.0 Å². The quantitative estimate of drug-likeness (QED) is 0.0947. The molecular weight excluding hydrogens is 572 g/mol. The van der Waals surface area contributed by atoms with E-state index in [1.54, 1.807) is 0 Å². The Balaban J connectivity index is -0.00000544. The van der Waals surface area contributed by atoms with Gasteiger partial charge in [-0.15, -0.1) is 0 Å². The predicted octanol–water partition coefficient (Wildman–Crippen LogP) is 3.77. The van der Waals surface area contributed by atoms with Crippen molar-refractivity contribution in [2.24, 2.45) is 0 Å². The van der Waals surface area contributed by atoms with Crippen molar-refractivity contribution in [3.8, 4) is 0 Å². The summed E-state index contributed by atoms with van der Waals surface area (Å²) in [6, 6.07) is 0. The van der Waals surface area contributed by atoms with E-state index < -0.39 is 0 Å². The first-order valence-electron chi connectivity index (χ1n) is 16.0. The second-order valence-electron chi connectivity index (χ2n) is 12.8. The molecule has 0 aliphatic heterocycles. The number of hydrogen-bond donors (Lipinski definition) is 0. The molecule has 0 saturated carbocycles. The first-order chi connectivity index (χ1) is 16.3. The Labute approximate surface area is 251 Å². The van der Waals surface area contributed by atoms with Gasteiger partial charge in [0.25, 0.3) is 0 Å². The maximum atomic E-state index is 2.46. The highest BCUT2D eigenvalue weighted by Gasteiger charge is 2.22. The van der Waals surface area contributed by atoms with E-state index >= 15 is 0 Å². The smallest absolute Gasteiger partial charge is 0.128 e. The molecule has 0 N–H and O–H groups in total. The van der Waals surface area contributed by atoms with Crippen LogP contribution in [0.2, 0.25) is 0 Å². The lowest BCUT2D eigenvalue weighted by Gasteiger charge is -2.36. The molecule has 0 saturated heterocycles. The zero-order valence-electron chi connectivity index (χ0n) is 26.0. The van der Waals surface area contributed by atoms with E-state index in [9.17, 15) is 0 Å². The number of rotatable bonds is 27. The molecule has 0 heterocycles. The van der Waals surface area contributed by atoms with Crippen molar-refractivity contribution >= 4 is 0 Å². The number of likely N-dealkylation sites (N-methyl/N-ethyl adjacent to an activating group) is 2. The Morgan fingerprint density at radius 3 is 0.694 bits per heavy atom. The van der Waals surface area contributed by atoms with Gasteiger partial charge in [-0.1, -0.05) is 129 Å². The highest BCUT2D eigenvalue weighted by Crippen LogP contribution is 2.14. The summed E-state index contributed by atoms with van der Waals surface area (Å²) in [7, 11) is 9.82. The molecule has 0 amide bonds. The van der Waals surface area contributed by atoms with E-state index in [0.29, 0.717) is 0 Å². The SMILES string of the molecule is CCCCCCCCCCCCCCCC[N+](C)(C)CC[N+](C)(C)CCCCCCCCCC.[Br-].[Br-]. The van der Waals surface area contributed by atoms with Crippen LogP contribution in [0, 0.1) is 0 Å². The lowest BCUT2D eigenvalue weighted by atomic mass is 10.0. The van der Waals surface area contributed by atoms with E-state index in [4.69, 9.17) is 0 Å². The van der Waals surface area contributed by atoms with Gasteiger partial charge < -0.3 is 42.9 Å². The second-order valence-corrected chi connectivity index (χ2v) is 12.8. The third-order valence-corrected chi connectivity index (χ3v) is 8.04. The fraction of sp³-hybridized carbons (Fsp3) is 1.00. The van der Waals surface area contributed by atoms with Crippen molar-refractivity contribution in [3.05, 3.63) is 0 Å². The molecule has 0 rings (SSSR count). The molecule has 0 radical (unpaired) electrons. The minimum atomic E-state index is 0. The maximum Gasteiger partial charge on any atom is 0.128 e. The maximum absolute atomic E-state index is 2.46. The van der Waals surface area contributed by atoms with Crippen LogP contribution in [0.5, 0.6) is 0 Å². The molecule has 36 heavy (non-hydrogen) atoms. The largest absolute Gasteiger partial charge is 1.00 e. The van der Waals surface area contributed by atoms with Crippen LogP contribution < -0.4 is 34.0 Å². The molecule has 0 bridgehead atoms. The van der Waals surface area contributed by atoms with Crippen LogP contribution in [0.4, 0.5) is 0 Å². The molecule has 0 aromatic carbocycles. The summed E-state index contributed by atoms with van der Waals surface area (Å²) >= 11 is 0. The van der Waals surface area contributed by atoms with Crippen molar-refractivity contribution in [3.63, 3.8) is 0 Å². The van der Waals surface area contributed by atoms with Crippen molar-refractivity contribution in [1.29, 1.82) is 0 Å². The summed E-state index contributed by atoms with van der Waals surface area (Å²) in [6.07, 6.45) is 31.8. The van der Waals surface area contributed by atoms with E-state index in [0.717, 1.165) is 0 Å². The molecular formula is C32H70Br2N2. The van der Waals surface area contributed by atoms with Crippen molar-refractivity contribution < 1.29 is 42.9 Å². The van der Waals surface area contributed by atoms with Gasteiger partial charge in [-0.2, -0.15) is 0 Å². The van der Waals surface area contributed by atoms with Gasteiger partial charge >= 0.3 is 0 Å². The van der Waals surface area contributed by atoms with Gasteiger partial charge in [0.05, 0.1) is 41.3 Å². The van der Waals surface area contributed by atoms with Crippen molar-refractivity contribution in [1.82, 2.24) is 0 Å². The van der Waals surface area contributed by atoms with Crippen molar-refractivity contribution in [2.45, 2.75) is 155 Å². The molecule has 0 aliphatic carbocycles. The number of quaternary nitrogens is 2. The summed E-state index contributed by atoms with van der Waals surface area (Å²) in [5.74, 6) is 0. The van der Waals surface area contributed by atoms with Crippen molar-refractivity contribution in [2.75, 3.05) is 54.4 Å². The molecule has 0 aliphatic rings. The Kier molecular flexibility index (Phi) is 33.2. The normalized spacial score (nSPS) is 11.8. The first kappa shape index (κ1) is 41.4. The van der Waals surface area contributed by atoms with Crippen LogP contribution >= 0.6 is 0 Å². The van der Waals surface area contributed by atoms with Gasteiger partial charge in [-0.05, 0) is 25.7 Å². The highest BCUT2D eigenvalue weighted by atomic mass is 79.9. The fourth-order valence-electron chi connectivity index (χ4n) is 5.17.